The minimum Gasteiger partial charge on any atom is -0.348 e. The zero-order chi connectivity index (χ0) is 12.5. The summed E-state index contributed by atoms with van der Waals surface area (Å²) in [5.74, 6) is 0.0835. The fraction of sp³-hybridized carbons (Fsp3) is 0.538. The van der Waals surface area contributed by atoms with Gasteiger partial charge >= 0.3 is 0 Å². The van der Waals surface area contributed by atoms with Crippen LogP contribution in [0.1, 0.15) is 44.3 Å². The van der Waals surface area contributed by atoms with Gasteiger partial charge in [0.2, 0.25) is 5.91 Å². The van der Waals surface area contributed by atoms with Crippen LogP contribution in [0.3, 0.4) is 0 Å². The van der Waals surface area contributed by atoms with Crippen LogP contribution in [0, 0.1) is 0 Å². The van der Waals surface area contributed by atoms with E-state index < -0.39 is 0 Å². The predicted molar refractivity (Wildman–Crippen MR) is 68.3 cm³/mol. The number of amides is 1. The summed E-state index contributed by atoms with van der Waals surface area (Å²) in [6.45, 7) is 2.64. The topological polar surface area (TPSA) is 68.0 Å². The number of nitrogens with zero attached hydrogens (tertiary/aromatic N) is 1. The second-order valence-electron chi connectivity index (χ2n) is 4.14. The molecular weight excluding hydrogens is 214 g/mol. The van der Waals surface area contributed by atoms with E-state index in [0.29, 0.717) is 13.0 Å². The Morgan fingerprint density at radius 3 is 2.88 bits per heavy atom. The van der Waals surface area contributed by atoms with Crippen molar-refractivity contribution >= 4 is 5.91 Å². The summed E-state index contributed by atoms with van der Waals surface area (Å²) in [5, 5.41) is 2.94. The highest BCUT2D eigenvalue weighted by Crippen LogP contribution is 2.08. The molecule has 1 amide bonds. The molecule has 0 spiro atoms. The van der Waals surface area contributed by atoms with Crippen molar-refractivity contribution in [2.75, 3.05) is 6.54 Å². The molecular formula is C13H21N3O. The summed E-state index contributed by atoms with van der Waals surface area (Å²) >= 11 is 0. The van der Waals surface area contributed by atoms with Crippen molar-refractivity contribution in [3.63, 3.8) is 0 Å². The first-order valence-electron chi connectivity index (χ1n) is 6.14. The molecule has 3 N–H and O–H groups in total. The Hall–Kier alpha value is -1.42. The summed E-state index contributed by atoms with van der Waals surface area (Å²) in [5.41, 5.74) is 6.28. The summed E-state index contributed by atoms with van der Waals surface area (Å²) in [7, 11) is 0. The van der Waals surface area contributed by atoms with E-state index in [1.54, 1.807) is 6.20 Å². The lowest BCUT2D eigenvalue weighted by atomic mass is 10.1. The molecule has 0 fully saturated rings. The first kappa shape index (κ1) is 13.6. The molecule has 1 aromatic rings. The molecule has 0 aromatic carbocycles. The summed E-state index contributed by atoms with van der Waals surface area (Å²) in [4.78, 5) is 15.8. The zero-order valence-corrected chi connectivity index (χ0v) is 10.4. The van der Waals surface area contributed by atoms with E-state index in [1.807, 2.05) is 25.1 Å². The Kier molecular flexibility index (Phi) is 6.25. The molecule has 17 heavy (non-hydrogen) atoms. The highest BCUT2D eigenvalue weighted by Gasteiger charge is 2.09. The van der Waals surface area contributed by atoms with Crippen LogP contribution in [0.25, 0.3) is 0 Å². The average Bonchev–Trinajstić information content (AvgIpc) is 2.36. The quantitative estimate of drug-likeness (QED) is 0.708. The first-order valence-corrected chi connectivity index (χ1v) is 6.14. The van der Waals surface area contributed by atoms with E-state index in [1.165, 1.54) is 0 Å². The van der Waals surface area contributed by atoms with Gasteiger partial charge in [-0.25, -0.2) is 0 Å². The van der Waals surface area contributed by atoms with Crippen molar-refractivity contribution in [1.29, 1.82) is 0 Å². The monoisotopic (exact) mass is 235 g/mol. The Morgan fingerprint density at radius 2 is 2.24 bits per heavy atom. The third kappa shape index (κ3) is 5.45. The van der Waals surface area contributed by atoms with Gasteiger partial charge in [0.1, 0.15) is 0 Å². The van der Waals surface area contributed by atoms with Crippen molar-refractivity contribution in [2.24, 2.45) is 5.73 Å². The number of hydrogen-bond acceptors (Lipinski definition) is 3. The minimum atomic E-state index is -0.0294. The molecule has 0 aliphatic carbocycles. The minimum absolute atomic E-state index is 0.0294. The molecule has 1 atom stereocenters. The smallest absolute Gasteiger partial charge is 0.220 e. The van der Waals surface area contributed by atoms with Crippen LogP contribution in [0.2, 0.25) is 0 Å². The van der Waals surface area contributed by atoms with E-state index in [9.17, 15) is 4.79 Å². The Labute approximate surface area is 103 Å². The average molecular weight is 235 g/mol. The molecule has 0 saturated heterocycles. The van der Waals surface area contributed by atoms with Crippen molar-refractivity contribution in [3.8, 4) is 0 Å². The molecule has 4 heteroatoms. The van der Waals surface area contributed by atoms with Gasteiger partial charge in [-0.3, -0.25) is 9.78 Å². The van der Waals surface area contributed by atoms with Gasteiger partial charge in [-0.15, -0.1) is 0 Å². The molecule has 94 valence electrons. The predicted octanol–water partition coefficient (Wildman–Crippen LogP) is 1.78. The van der Waals surface area contributed by atoms with Crippen molar-refractivity contribution in [2.45, 2.75) is 38.6 Å². The van der Waals surface area contributed by atoms with Crippen LogP contribution in [0.5, 0.6) is 0 Å². The molecule has 0 aliphatic rings. The van der Waals surface area contributed by atoms with Gasteiger partial charge in [0.05, 0.1) is 11.7 Å². The van der Waals surface area contributed by atoms with E-state index in [4.69, 9.17) is 5.73 Å². The van der Waals surface area contributed by atoms with Crippen LogP contribution < -0.4 is 11.1 Å². The lowest BCUT2D eigenvalue weighted by molar-refractivity contribution is -0.121. The second-order valence-corrected chi connectivity index (χ2v) is 4.14. The molecule has 1 rings (SSSR count). The Bertz CT molecular complexity index is 327. The lowest BCUT2D eigenvalue weighted by Gasteiger charge is -2.13. The summed E-state index contributed by atoms with van der Waals surface area (Å²) in [6, 6.07) is 5.68. The third-order valence-electron chi connectivity index (χ3n) is 2.62. The van der Waals surface area contributed by atoms with Crippen molar-refractivity contribution < 1.29 is 4.79 Å². The second kappa shape index (κ2) is 7.79. The fourth-order valence-electron chi connectivity index (χ4n) is 1.63. The lowest BCUT2D eigenvalue weighted by Crippen LogP contribution is -2.26. The standard InChI is InChI=1S/C13H21N3O/c1-11(12-7-4-6-10-15-12)16-13(17)8-3-2-5-9-14/h4,6-7,10-11H,2-3,5,8-9,14H2,1H3,(H,16,17)/t11-/m0/s1. The van der Waals surface area contributed by atoms with E-state index >= 15 is 0 Å². The van der Waals surface area contributed by atoms with Gasteiger partial charge in [0.15, 0.2) is 0 Å². The molecule has 0 bridgehead atoms. The molecule has 1 heterocycles. The normalized spacial score (nSPS) is 12.1. The molecule has 1 aromatic heterocycles. The SMILES string of the molecule is C[C@H](NC(=O)CCCCCN)c1ccccn1. The molecule has 0 unspecified atom stereocenters. The number of carbonyl (C=O) groups is 1. The molecule has 0 radical (unpaired) electrons. The number of aromatic nitrogens is 1. The largest absolute Gasteiger partial charge is 0.348 e. The number of rotatable bonds is 7. The van der Waals surface area contributed by atoms with Gasteiger partial charge in [-0.1, -0.05) is 12.5 Å². The number of nitrogens with two attached hydrogens (primary N) is 1. The van der Waals surface area contributed by atoms with Gasteiger partial charge in [0.25, 0.3) is 0 Å². The third-order valence-corrected chi connectivity index (χ3v) is 2.62. The van der Waals surface area contributed by atoms with Gasteiger partial charge in [-0.05, 0) is 38.4 Å². The number of unbranched alkanes of at least 4 members (excludes halogenated alkanes) is 2. The fourth-order valence-corrected chi connectivity index (χ4v) is 1.63. The van der Waals surface area contributed by atoms with Crippen LogP contribution in [-0.2, 0) is 4.79 Å². The number of carbonyl (C=O) groups excluding carboxylic acids is 1. The number of hydrogen-bond donors (Lipinski definition) is 2. The van der Waals surface area contributed by atoms with E-state index in [2.05, 4.69) is 10.3 Å². The number of nitrogens with one attached hydrogen (secondary N) is 1. The Balaban J connectivity index is 2.26. The maximum absolute atomic E-state index is 11.6. The van der Waals surface area contributed by atoms with Crippen molar-refractivity contribution in [1.82, 2.24) is 10.3 Å². The molecule has 4 nitrogen and oxygen atoms in total. The van der Waals surface area contributed by atoms with Crippen LogP contribution in [-0.4, -0.2) is 17.4 Å². The van der Waals surface area contributed by atoms with E-state index in [-0.39, 0.29) is 11.9 Å². The molecule has 0 saturated carbocycles. The van der Waals surface area contributed by atoms with Gasteiger partial charge in [0, 0.05) is 12.6 Å². The molecule has 0 aliphatic heterocycles. The first-order chi connectivity index (χ1) is 8.24. The highest BCUT2D eigenvalue weighted by molar-refractivity contribution is 5.76. The summed E-state index contributed by atoms with van der Waals surface area (Å²) < 4.78 is 0. The van der Waals surface area contributed by atoms with Crippen LogP contribution in [0.15, 0.2) is 24.4 Å². The zero-order valence-electron chi connectivity index (χ0n) is 10.4. The van der Waals surface area contributed by atoms with Crippen LogP contribution in [0.4, 0.5) is 0 Å². The van der Waals surface area contributed by atoms with Crippen molar-refractivity contribution in [3.05, 3.63) is 30.1 Å². The number of pyridine rings is 1. The van der Waals surface area contributed by atoms with Gasteiger partial charge < -0.3 is 11.1 Å². The maximum atomic E-state index is 11.6. The van der Waals surface area contributed by atoms with Crippen LogP contribution >= 0.6 is 0 Å². The maximum Gasteiger partial charge on any atom is 0.220 e. The summed E-state index contributed by atoms with van der Waals surface area (Å²) in [6.07, 6.45) is 5.21. The van der Waals surface area contributed by atoms with E-state index in [0.717, 1.165) is 25.0 Å². The van der Waals surface area contributed by atoms with Gasteiger partial charge in [-0.2, -0.15) is 0 Å². The highest BCUT2D eigenvalue weighted by atomic mass is 16.1. The Morgan fingerprint density at radius 1 is 1.41 bits per heavy atom.